The zero-order chi connectivity index (χ0) is 14.3. The molecule has 1 saturated carbocycles. The molecule has 0 saturated heterocycles. The Morgan fingerprint density at radius 1 is 1.48 bits per heavy atom. The molecule has 0 radical (unpaired) electrons. The van der Waals surface area contributed by atoms with E-state index in [4.69, 9.17) is 5.73 Å². The zero-order valence-electron chi connectivity index (χ0n) is 11.7. The molecule has 0 spiro atoms. The lowest BCUT2D eigenvalue weighted by atomic mass is 9.96. The van der Waals surface area contributed by atoms with Gasteiger partial charge in [-0.1, -0.05) is 0 Å². The van der Waals surface area contributed by atoms with E-state index in [1.54, 1.807) is 12.1 Å². The summed E-state index contributed by atoms with van der Waals surface area (Å²) in [6, 6.07) is 6.30. The Hall–Kier alpha value is -1.17. The van der Waals surface area contributed by atoms with Crippen LogP contribution in [-0.4, -0.2) is 18.0 Å². The molecule has 1 aromatic carbocycles. The topological polar surface area (TPSA) is 55.1 Å². The highest BCUT2D eigenvalue weighted by atomic mass is 35.5. The molecule has 1 unspecified atom stereocenters. The molecule has 6 heteroatoms. The van der Waals surface area contributed by atoms with Crippen molar-refractivity contribution in [1.82, 2.24) is 5.32 Å². The average Bonchev–Trinajstić information content (AvgIpc) is 3.19. The van der Waals surface area contributed by atoms with Crippen molar-refractivity contribution in [3.8, 4) is 0 Å². The quantitative estimate of drug-likeness (QED) is 0.904. The van der Waals surface area contributed by atoms with Gasteiger partial charge in [-0.3, -0.25) is 4.79 Å². The Labute approximate surface area is 133 Å². The second-order valence-corrected chi connectivity index (χ2v) is 6.73. The zero-order valence-corrected chi connectivity index (χ0v) is 13.3. The van der Waals surface area contributed by atoms with Gasteiger partial charge in [-0.15, -0.1) is 23.7 Å². The number of hydrogen-bond acceptors (Lipinski definition) is 3. The van der Waals surface area contributed by atoms with Gasteiger partial charge < -0.3 is 11.1 Å². The van der Waals surface area contributed by atoms with E-state index in [2.05, 4.69) is 5.32 Å². The SMILES string of the molecule is CC(CN)(NC(=O)c1cc2cc(F)ccc2s1)C1CC1.Cl. The lowest BCUT2D eigenvalue weighted by molar-refractivity contribution is 0.0902. The minimum atomic E-state index is -0.335. The molecule has 3 N–H and O–H groups in total. The first-order chi connectivity index (χ1) is 9.51. The van der Waals surface area contributed by atoms with Crippen LogP contribution in [0.4, 0.5) is 4.39 Å². The van der Waals surface area contributed by atoms with Crippen molar-refractivity contribution >= 4 is 39.7 Å². The third-order valence-corrected chi connectivity index (χ3v) is 5.12. The van der Waals surface area contributed by atoms with Crippen LogP contribution in [-0.2, 0) is 0 Å². The fraction of sp³-hybridized carbons (Fsp3) is 0.400. The molecule has 2 aromatic rings. The Kier molecular flexibility index (Phi) is 4.56. The van der Waals surface area contributed by atoms with Crippen LogP contribution >= 0.6 is 23.7 Å². The molecule has 114 valence electrons. The highest BCUT2D eigenvalue weighted by Crippen LogP contribution is 2.39. The van der Waals surface area contributed by atoms with Gasteiger partial charge in [-0.25, -0.2) is 4.39 Å². The van der Waals surface area contributed by atoms with Gasteiger partial charge in [0.05, 0.1) is 10.4 Å². The van der Waals surface area contributed by atoms with Crippen molar-refractivity contribution in [2.75, 3.05) is 6.54 Å². The Balaban J connectivity index is 0.00000161. The molecular formula is C15H18ClFN2OS. The molecule has 21 heavy (non-hydrogen) atoms. The molecule has 1 fully saturated rings. The maximum atomic E-state index is 13.2. The number of halogens is 2. The highest BCUT2D eigenvalue weighted by molar-refractivity contribution is 7.20. The smallest absolute Gasteiger partial charge is 0.261 e. The van der Waals surface area contributed by atoms with E-state index in [1.165, 1.54) is 23.5 Å². The standard InChI is InChI=1S/C15H17FN2OS.ClH/c1-15(8-17,10-2-3-10)18-14(19)13-7-9-6-11(16)4-5-12(9)20-13;/h4-7,10H,2-3,8,17H2,1H3,(H,18,19);1H. The maximum absolute atomic E-state index is 13.2. The summed E-state index contributed by atoms with van der Waals surface area (Å²) < 4.78 is 14.1. The van der Waals surface area contributed by atoms with E-state index < -0.39 is 0 Å². The summed E-state index contributed by atoms with van der Waals surface area (Å²) in [5.74, 6) is 0.0711. The highest BCUT2D eigenvalue weighted by Gasteiger charge is 2.41. The predicted molar refractivity (Wildman–Crippen MR) is 86.7 cm³/mol. The molecule has 1 aromatic heterocycles. The van der Waals surface area contributed by atoms with Gasteiger partial charge in [0.25, 0.3) is 5.91 Å². The van der Waals surface area contributed by atoms with E-state index in [-0.39, 0.29) is 29.7 Å². The average molecular weight is 329 g/mol. The number of fused-ring (bicyclic) bond motifs is 1. The number of thiophene rings is 1. The monoisotopic (exact) mass is 328 g/mol. The van der Waals surface area contributed by atoms with Gasteiger partial charge in [0, 0.05) is 11.2 Å². The van der Waals surface area contributed by atoms with Gasteiger partial charge in [0.1, 0.15) is 5.82 Å². The molecule has 0 aliphatic heterocycles. The van der Waals surface area contributed by atoms with Crippen molar-refractivity contribution in [2.24, 2.45) is 11.7 Å². The fourth-order valence-electron chi connectivity index (χ4n) is 2.49. The largest absolute Gasteiger partial charge is 0.345 e. The van der Waals surface area contributed by atoms with E-state index in [1.807, 2.05) is 6.92 Å². The molecule has 1 heterocycles. The Morgan fingerprint density at radius 2 is 2.19 bits per heavy atom. The minimum Gasteiger partial charge on any atom is -0.345 e. The predicted octanol–water partition coefficient (Wildman–Crippen LogP) is 3.32. The van der Waals surface area contributed by atoms with E-state index in [0.717, 1.165) is 22.9 Å². The lowest BCUT2D eigenvalue weighted by Gasteiger charge is -2.29. The van der Waals surface area contributed by atoms with Crippen LogP contribution in [0.3, 0.4) is 0 Å². The first kappa shape index (κ1) is 16.2. The van der Waals surface area contributed by atoms with Gasteiger partial charge in [-0.05, 0) is 55.3 Å². The Bertz CT molecular complexity index is 671. The number of nitrogens with one attached hydrogen (secondary N) is 1. The molecule has 1 amide bonds. The molecule has 3 nitrogen and oxygen atoms in total. The molecule has 1 atom stereocenters. The number of nitrogens with two attached hydrogens (primary N) is 1. The maximum Gasteiger partial charge on any atom is 0.261 e. The number of rotatable bonds is 4. The van der Waals surface area contributed by atoms with Crippen molar-refractivity contribution in [1.29, 1.82) is 0 Å². The number of benzene rings is 1. The first-order valence-corrected chi connectivity index (χ1v) is 7.55. The van der Waals surface area contributed by atoms with Crippen LogP contribution in [0.15, 0.2) is 24.3 Å². The molecular weight excluding hydrogens is 311 g/mol. The molecule has 1 aliphatic carbocycles. The van der Waals surface area contributed by atoms with E-state index in [0.29, 0.717) is 17.3 Å². The summed E-state index contributed by atoms with van der Waals surface area (Å²) in [6.07, 6.45) is 2.23. The third kappa shape index (κ3) is 3.20. The lowest BCUT2D eigenvalue weighted by Crippen LogP contribution is -2.53. The van der Waals surface area contributed by atoms with Crippen LogP contribution in [0.2, 0.25) is 0 Å². The summed E-state index contributed by atoms with van der Waals surface area (Å²) in [5.41, 5.74) is 5.47. The van der Waals surface area contributed by atoms with Crippen LogP contribution in [0, 0.1) is 11.7 Å². The summed E-state index contributed by atoms with van der Waals surface area (Å²) in [7, 11) is 0. The summed E-state index contributed by atoms with van der Waals surface area (Å²) in [6.45, 7) is 2.43. The van der Waals surface area contributed by atoms with Crippen LogP contribution in [0.1, 0.15) is 29.4 Å². The second kappa shape index (κ2) is 5.91. The van der Waals surface area contributed by atoms with Gasteiger partial charge in [0.15, 0.2) is 0 Å². The first-order valence-electron chi connectivity index (χ1n) is 6.73. The number of hydrogen-bond donors (Lipinski definition) is 2. The van der Waals surface area contributed by atoms with E-state index >= 15 is 0 Å². The number of carbonyl (C=O) groups excluding carboxylic acids is 1. The summed E-state index contributed by atoms with van der Waals surface area (Å²) in [5, 5.41) is 3.81. The van der Waals surface area contributed by atoms with Gasteiger partial charge in [0.2, 0.25) is 0 Å². The Morgan fingerprint density at radius 3 is 2.81 bits per heavy atom. The molecule has 1 aliphatic rings. The number of carbonyl (C=O) groups is 1. The summed E-state index contributed by atoms with van der Waals surface area (Å²) >= 11 is 1.38. The van der Waals surface area contributed by atoms with Crippen LogP contribution in [0.5, 0.6) is 0 Å². The van der Waals surface area contributed by atoms with Crippen LogP contribution in [0.25, 0.3) is 10.1 Å². The van der Waals surface area contributed by atoms with Crippen molar-refractivity contribution < 1.29 is 9.18 Å². The normalized spacial score (nSPS) is 17.1. The molecule has 0 bridgehead atoms. The second-order valence-electron chi connectivity index (χ2n) is 5.64. The van der Waals surface area contributed by atoms with Crippen molar-refractivity contribution in [3.05, 3.63) is 35.0 Å². The van der Waals surface area contributed by atoms with Crippen molar-refractivity contribution in [2.45, 2.75) is 25.3 Å². The summed E-state index contributed by atoms with van der Waals surface area (Å²) in [4.78, 5) is 13.0. The number of amides is 1. The van der Waals surface area contributed by atoms with Gasteiger partial charge >= 0.3 is 0 Å². The molecule has 3 rings (SSSR count). The van der Waals surface area contributed by atoms with Gasteiger partial charge in [-0.2, -0.15) is 0 Å². The van der Waals surface area contributed by atoms with E-state index in [9.17, 15) is 9.18 Å². The minimum absolute atomic E-state index is 0. The fourth-order valence-corrected chi connectivity index (χ4v) is 3.43. The van der Waals surface area contributed by atoms with Crippen molar-refractivity contribution in [3.63, 3.8) is 0 Å². The van der Waals surface area contributed by atoms with Crippen LogP contribution < -0.4 is 11.1 Å². The third-order valence-electron chi connectivity index (χ3n) is 4.00.